The standard InChI is InChI=1S/C12H18N4O2/c1-5(13)11-14-15-12(18-11)16-4-7-2-6-3-8(7)9(16)10(6)17/h5-10,17H,2-4,13H2,1H3. The van der Waals surface area contributed by atoms with Crippen LogP contribution in [0.4, 0.5) is 6.01 Å². The first-order chi connectivity index (χ1) is 8.65. The highest BCUT2D eigenvalue weighted by molar-refractivity contribution is 5.36. The van der Waals surface area contributed by atoms with Crippen LogP contribution >= 0.6 is 0 Å². The number of aliphatic hydroxyl groups is 1. The van der Waals surface area contributed by atoms with Crippen molar-refractivity contribution in [2.75, 3.05) is 11.4 Å². The summed E-state index contributed by atoms with van der Waals surface area (Å²) in [6.07, 6.45) is 2.06. The molecule has 3 N–H and O–H groups in total. The van der Waals surface area contributed by atoms with E-state index in [4.69, 9.17) is 10.2 Å². The Kier molecular flexibility index (Phi) is 2.06. The molecule has 98 valence electrons. The second-order valence-electron chi connectivity index (χ2n) is 6.00. The van der Waals surface area contributed by atoms with Crippen molar-refractivity contribution in [2.24, 2.45) is 23.5 Å². The molecule has 1 saturated heterocycles. The lowest BCUT2D eigenvalue weighted by atomic mass is 9.88. The van der Waals surface area contributed by atoms with Gasteiger partial charge in [0.1, 0.15) is 0 Å². The molecule has 1 aliphatic heterocycles. The second kappa shape index (κ2) is 3.45. The number of nitrogens with zero attached hydrogens (tertiary/aromatic N) is 3. The Morgan fingerprint density at radius 1 is 1.39 bits per heavy atom. The van der Waals surface area contributed by atoms with E-state index in [0.29, 0.717) is 29.7 Å². The molecule has 0 spiro atoms. The van der Waals surface area contributed by atoms with Crippen molar-refractivity contribution < 1.29 is 9.52 Å². The van der Waals surface area contributed by atoms with Crippen molar-refractivity contribution in [1.82, 2.24) is 10.2 Å². The van der Waals surface area contributed by atoms with E-state index < -0.39 is 0 Å². The topological polar surface area (TPSA) is 88.4 Å². The molecular weight excluding hydrogens is 232 g/mol. The average Bonchev–Trinajstić information content (AvgIpc) is 3.02. The summed E-state index contributed by atoms with van der Waals surface area (Å²) in [6, 6.07) is 0.461. The van der Waals surface area contributed by atoms with E-state index >= 15 is 0 Å². The molecule has 1 aromatic rings. The SMILES string of the molecule is CC(N)c1nnc(N2CC3CC4CC3C2C4O)o1. The number of hydrogen-bond donors (Lipinski definition) is 2. The number of hydrogen-bond acceptors (Lipinski definition) is 6. The van der Waals surface area contributed by atoms with Crippen molar-refractivity contribution in [3.8, 4) is 0 Å². The highest BCUT2D eigenvalue weighted by atomic mass is 16.4. The summed E-state index contributed by atoms with van der Waals surface area (Å²) in [5.41, 5.74) is 5.73. The molecule has 6 heteroatoms. The predicted molar refractivity (Wildman–Crippen MR) is 63.7 cm³/mol. The Morgan fingerprint density at radius 3 is 2.89 bits per heavy atom. The zero-order chi connectivity index (χ0) is 12.4. The minimum atomic E-state index is -0.244. The van der Waals surface area contributed by atoms with Gasteiger partial charge in [0.05, 0.1) is 18.2 Å². The van der Waals surface area contributed by atoms with E-state index in [0.717, 1.165) is 19.4 Å². The number of rotatable bonds is 2. The number of aliphatic hydroxyl groups excluding tert-OH is 1. The van der Waals surface area contributed by atoms with Crippen LogP contribution in [0.3, 0.4) is 0 Å². The molecule has 2 saturated carbocycles. The van der Waals surface area contributed by atoms with Crippen LogP contribution in [0, 0.1) is 17.8 Å². The minimum Gasteiger partial charge on any atom is -0.406 e. The van der Waals surface area contributed by atoms with Gasteiger partial charge in [-0.25, -0.2) is 0 Å². The molecule has 0 amide bonds. The van der Waals surface area contributed by atoms with Crippen molar-refractivity contribution in [1.29, 1.82) is 0 Å². The maximum absolute atomic E-state index is 10.3. The first-order valence-corrected chi connectivity index (χ1v) is 6.69. The molecule has 0 aromatic carbocycles. The summed E-state index contributed by atoms with van der Waals surface area (Å²) in [7, 11) is 0. The molecule has 2 bridgehead atoms. The van der Waals surface area contributed by atoms with Gasteiger partial charge in [0.15, 0.2) is 0 Å². The summed E-state index contributed by atoms with van der Waals surface area (Å²) >= 11 is 0. The highest BCUT2D eigenvalue weighted by Gasteiger charge is 2.59. The Hall–Kier alpha value is -1.14. The average molecular weight is 250 g/mol. The third kappa shape index (κ3) is 1.25. The molecule has 6 atom stereocenters. The van der Waals surface area contributed by atoms with Crippen LogP contribution in [0.2, 0.25) is 0 Å². The maximum Gasteiger partial charge on any atom is 0.318 e. The van der Waals surface area contributed by atoms with Crippen LogP contribution in [0.1, 0.15) is 31.7 Å². The molecule has 0 radical (unpaired) electrons. The van der Waals surface area contributed by atoms with Gasteiger partial charge in [0, 0.05) is 6.54 Å². The van der Waals surface area contributed by atoms with Gasteiger partial charge in [-0.05, 0) is 37.5 Å². The highest BCUT2D eigenvalue weighted by Crippen LogP contribution is 2.55. The van der Waals surface area contributed by atoms with Crippen molar-refractivity contribution >= 4 is 6.01 Å². The third-order valence-corrected chi connectivity index (χ3v) is 4.91. The van der Waals surface area contributed by atoms with Crippen molar-refractivity contribution in [3.05, 3.63) is 5.89 Å². The normalized spacial score (nSPS) is 42.8. The Morgan fingerprint density at radius 2 is 2.22 bits per heavy atom. The van der Waals surface area contributed by atoms with E-state index in [-0.39, 0.29) is 18.2 Å². The van der Waals surface area contributed by atoms with Crippen LogP contribution in [0.5, 0.6) is 0 Å². The van der Waals surface area contributed by atoms with Crippen LogP contribution < -0.4 is 10.6 Å². The predicted octanol–water partition coefficient (Wildman–Crippen LogP) is 0.295. The summed E-state index contributed by atoms with van der Waals surface area (Å²) < 4.78 is 5.62. The van der Waals surface area contributed by atoms with Crippen LogP contribution in [-0.2, 0) is 0 Å². The molecule has 1 aromatic heterocycles. The summed E-state index contributed by atoms with van der Waals surface area (Å²) in [6.45, 7) is 2.76. The fraction of sp³-hybridized carbons (Fsp3) is 0.833. The summed E-state index contributed by atoms with van der Waals surface area (Å²) in [4.78, 5) is 2.10. The number of aromatic nitrogens is 2. The van der Waals surface area contributed by atoms with Gasteiger partial charge in [-0.3, -0.25) is 0 Å². The van der Waals surface area contributed by atoms with Gasteiger partial charge < -0.3 is 20.2 Å². The molecule has 18 heavy (non-hydrogen) atoms. The van der Waals surface area contributed by atoms with Gasteiger partial charge in [-0.2, -0.15) is 0 Å². The monoisotopic (exact) mass is 250 g/mol. The van der Waals surface area contributed by atoms with Gasteiger partial charge in [0.2, 0.25) is 5.89 Å². The maximum atomic E-state index is 10.3. The zero-order valence-corrected chi connectivity index (χ0v) is 10.4. The van der Waals surface area contributed by atoms with Gasteiger partial charge in [-0.1, -0.05) is 5.10 Å². The van der Waals surface area contributed by atoms with Gasteiger partial charge >= 0.3 is 6.01 Å². The molecule has 3 aliphatic rings. The van der Waals surface area contributed by atoms with Crippen LogP contribution in [-0.4, -0.2) is 34.0 Å². The van der Waals surface area contributed by atoms with Crippen LogP contribution in [0.25, 0.3) is 0 Å². The van der Waals surface area contributed by atoms with Crippen LogP contribution in [0.15, 0.2) is 4.42 Å². The van der Waals surface area contributed by atoms with Gasteiger partial charge in [0.25, 0.3) is 0 Å². The number of nitrogens with two attached hydrogens (primary N) is 1. The Balaban J connectivity index is 1.65. The molecule has 4 rings (SSSR count). The zero-order valence-electron chi connectivity index (χ0n) is 10.4. The largest absolute Gasteiger partial charge is 0.406 e. The lowest BCUT2D eigenvalue weighted by Gasteiger charge is -2.27. The van der Waals surface area contributed by atoms with E-state index in [1.165, 1.54) is 0 Å². The molecular formula is C12H18N4O2. The molecule has 3 fully saturated rings. The third-order valence-electron chi connectivity index (χ3n) is 4.91. The minimum absolute atomic E-state index is 0.176. The Labute approximate surface area is 105 Å². The lowest BCUT2D eigenvalue weighted by Crippen LogP contribution is -2.40. The van der Waals surface area contributed by atoms with E-state index in [1.54, 1.807) is 0 Å². The van der Waals surface area contributed by atoms with Crippen molar-refractivity contribution in [3.63, 3.8) is 0 Å². The van der Waals surface area contributed by atoms with E-state index in [9.17, 15) is 5.11 Å². The number of fused-ring (bicyclic) bond motifs is 1. The first-order valence-electron chi connectivity index (χ1n) is 6.69. The lowest BCUT2D eigenvalue weighted by molar-refractivity contribution is 0.0956. The fourth-order valence-electron chi connectivity index (χ4n) is 4.16. The summed E-state index contributed by atoms with van der Waals surface area (Å²) in [5.74, 6) is 2.24. The first kappa shape index (κ1) is 10.8. The Bertz CT molecular complexity index is 472. The molecule has 2 heterocycles. The second-order valence-corrected chi connectivity index (χ2v) is 6.00. The smallest absolute Gasteiger partial charge is 0.318 e. The molecule has 2 aliphatic carbocycles. The number of anilines is 1. The van der Waals surface area contributed by atoms with E-state index in [2.05, 4.69) is 15.1 Å². The van der Waals surface area contributed by atoms with Gasteiger partial charge in [-0.15, -0.1) is 5.10 Å². The molecule has 6 nitrogen and oxygen atoms in total. The fourth-order valence-corrected chi connectivity index (χ4v) is 4.16. The summed E-state index contributed by atoms with van der Waals surface area (Å²) in [5, 5.41) is 18.4. The van der Waals surface area contributed by atoms with E-state index in [1.807, 2.05) is 6.92 Å². The molecule has 6 unspecified atom stereocenters. The van der Waals surface area contributed by atoms with Crippen molar-refractivity contribution in [2.45, 2.75) is 38.0 Å². The quantitative estimate of drug-likeness (QED) is 0.784.